The summed E-state index contributed by atoms with van der Waals surface area (Å²) in [7, 11) is 1.64. The van der Waals surface area contributed by atoms with Crippen LogP contribution in [0.4, 0.5) is 0 Å². The van der Waals surface area contributed by atoms with Gasteiger partial charge in [0.1, 0.15) is 11.5 Å². The van der Waals surface area contributed by atoms with Gasteiger partial charge in [-0.2, -0.15) is 0 Å². The number of benzene rings is 3. The second kappa shape index (κ2) is 10.1. The third kappa shape index (κ3) is 5.72. The van der Waals surface area contributed by atoms with Gasteiger partial charge in [-0.1, -0.05) is 30.3 Å². The third-order valence-electron chi connectivity index (χ3n) is 5.28. The zero-order valence-corrected chi connectivity index (χ0v) is 18.3. The fourth-order valence-electron chi connectivity index (χ4n) is 3.70. The van der Waals surface area contributed by atoms with Crippen LogP contribution in [-0.4, -0.2) is 32.5 Å². The Kier molecular flexibility index (Phi) is 6.80. The molecule has 3 aromatic carbocycles. The van der Waals surface area contributed by atoms with Crippen LogP contribution in [0.2, 0.25) is 0 Å². The molecule has 0 spiro atoms. The van der Waals surface area contributed by atoms with E-state index in [2.05, 4.69) is 5.32 Å². The van der Waals surface area contributed by atoms with E-state index in [9.17, 15) is 4.79 Å². The van der Waals surface area contributed by atoms with Crippen LogP contribution in [0.1, 0.15) is 16.7 Å². The molecule has 0 fully saturated rings. The molecule has 1 heterocycles. The number of fused-ring (bicyclic) bond motifs is 1. The Labute approximate surface area is 188 Å². The van der Waals surface area contributed by atoms with E-state index < -0.39 is 0 Å². The first-order chi connectivity index (χ1) is 15.6. The molecule has 0 saturated heterocycles. The fourth-order valence-corrected chi connectivity index (χ4v) is 3.70. The highest BCUT2D eigenvalue weighted by Crippen LogP contribution is 2.33. The summed E-state index contributed by atoms with van der Waals surface area (Å²) in [5.41, 5.74) is 3.26. The van der Waals surface area contributed by atoms with Crippen LogP contribution in [0, 0.1) is 6.92 Å². The van der Waals surface area contributed by atoms with Gasteiger partial charge in [0.05, 0.1) is 7.11 Å². The van der Waals surface area contributed by atoms with E-state index in [1.54, 1.807) is 7.11 Å². The van der Waals surface area contributed by atoms with Gasteiger partial charge >= 0.3 is 0 Å². The normalized spacial score (nSPS) is 12.8. The highest BCUT2D eigenvalue weighted by Gasteiger charge is 2.18. The Balaban J connectivity index is 1.43. The second-order valence-electron chi connectivity index (χ2n) is 7.81. The number of rotatable bonds is 9. The van der Waals surface area contributed by atoms with Gasteiger partial charge in [0.25, 0.3) is 5.91 Å². The molecule has 6 nitrogen and oxygen atoms in total. The molecule has 1 aliphatic heterocycles. The van der Waals surface area contributed by atoms with Crippen molar-refractivity contribution in [3.05, 3.63) is 83.4 Å². The summed E-state index contributed by atoms with van der Waals surface area (Å²) >= 11 is 0. The SMILES string of the molecule is COc1ccc(C[C@H](Cc2ccc3c(c2)OCO3)NC(=O)COc2cccc(C)c2)cc1. The number of ether oxygens (including phenoxy) is 4. The third-order valence-corrected chi connectivity index (χ3v) is 5.28. The highest BCUT2D eigenvalue weighted by atomic mass is 16.7. The van der Waals surface area contributed by atoms with Crippen molar-refractivity contribution in [1.82, 2.24) is 5.32 Å². The Bertz CT molecular complexity index is 1060. The van der Waals surface area contributed by atoms with Gasteiger partial charge in [-0.05, 0) is 72.9 Å². The van der Waals surface area contributed by atoms with Crippen molar-refractivity contribution >= 4 is 5.91 Å². The number of hydrogen-bond donors (Lipinski definition) is 1. The van der Waals surface area contributed by atoms with Crippen LogP contribution in [0.3, 0.4) is 0 Å². The Morgan fingerprint density at radius 2 is 1.69 bits per heavy atom. The average Bonchev–Trinajstić information content (AvgIpc) is 3.26. The first kappa shape index (κ1) is 21.6. The molecular weight excluding hydrogens is 406 g/mol. The van der Waals surface area contributed by atoms with Gasteiger partial charge in [-0.3, -0.25) is 4.79 Å². The predicted molar refractivity (Wildman–Crippen MR) is 122 cm³/mol. The lowest BCUT2D eigenvalue weighted by Crippen LogP contribution is -2.40. The molecule has 3 aromatic rings. The van der Waals surface area contributed by atoms with Crippen LogP contribution in [0.15, 0.2) is 66.7 Å². The molecule has 32 heavy (non-hydrogen) atoms. The highest BCUT2D eigenvalue weighted by molar-refractivity contribution is 5.78. The minimum atomic E-state index is -0.161. The first-order valence-corrected chi connectivity index (χ1v) is 10.6. The van der Waals surface area contributed by atoms with Crippen LogP contribution >= 0.6 is 0 Å². The number of hydrogen-bond acceptors (Lipinski definition) is 5. The summed E-state index contributed by atoms with van der Waals surface area (Å²) < 4.78 is 21.8. The Morgan fingerprint density at radius 3 is 2.47 bits per heavy atom. The maximum atomic E-state index is 12.7. The lowest BCUT2D eigenvalue weighted by atomic mass is 9.98. The Hall–Kier alpha value is -3.67. The summed E-state index contributed by atoms with van der Waals surface area (Å²) in [6, 6.07) is 21.3. The molecule has 0 bridgehead atoms. The molecule has 1 atom stereocenters. The van der Waals surface area contributed by atoms with E-state index in [0.29, 0.717) is 18.6 Å². The van der Waals surface area contributed by atoms with Crippen molar-refractivity contribution in [1.29, 1.82) is 0 Å². The monoisotopic (exact) mass is 433 g/mol. The van der Waals surface area contributed by atoms with Crippen molar-refractivity contribution in [3.63, 3.8) is 0 Å². The molecular formula is C26H27NO5. The van der Waals surface area contributed by atoms with Gasteiger partial charge in [0, 0.05) is 6.04 Å². The minimum absolute atomic E-state index is 0.0380. The van der Waals surface area contributed by atoms with E-state index in [1.165, 1.54) is 0 Å². The zero-order valence-electron chi connectivity index (χ0n) is 18.3. The van der Waals surface area contributed by atoms with Gasteiger partial charge in [-0.15, -0.1) is 0 Å². The molecule has 0 aromatic heterocycles. The lowest BCUT2D eigenvalue weighted by molar-refractivity contribution is -0.123. The molecule has 0 unspecified atom stereocenters. The minimum Gasteiger partial charge on any atom is -0.497 e. The van der Waals surface area contributed by atoms with Gasteiger partial charge in [-0.25, -0.2) is 0 Å². The molecule has 6 heteroatoms. The largest absolute Gasteiger partial charge is 0.497 e. The lowest BCUT2D eigenvalue weighted by Gasteiger charge is -2.20. The summed E-state index contributed by atoms with van der Waals surface area (Å²) in [4.78, 5) is 12.7. The molecule has 0 saturated carbocycles. The van der Waals surface area contributed by atoms with Crippen molar-refractivity contribution in [2.45, 2.75) is 25.8 Å². The summed E-state index contributed by atoms with van der Waals surface area (Å²) in [6.07, 6.45) is 1.33. The van der Waals surface area contributed by atoms with Crippen LogP contribution in [0.25, 0.3) is 0 Å². The predicted octanol–water partition coefficient (Wildman–Crippen LogP) is 4.08. The van der Waals surface area contributed by atoms with E-state index in [0.717, 1.165) is 33.9 Å². The second-order valence-corrected chi connectivity index (χ2v) is 7.81. The number of carbonyl (C=O) groups excluding carboxylic acids is 1. The number of methoxy groups -OCH3 is 1. The number of carbonyl (C=O) groups is 1. The quantitative estimate of drug-likeness (QED) is 0.551. The molecule has 0 radical (unpaired) electrons. The van der Waals surface area contributed by atoms with Crippen LogP contribution in [-0.2, 0) is 17.6 Å². The maximum Gasteiger partial charge on any atom is 0.258 e. The maximum absolute atomic E-state index is 12.7. The van der Waals surface area contributed by atoms with Crippen molar-refractivity contribution < 1.29 is 23.7 Å². The van der Waals surface area contributed by atoms with E-state index >= 15 is 0 Å². The van der Waals surface area contributed by atoms with Crippen molar-refractivity contribution in [2.75, 3.05) is 20.5 Å². The number of amides is 1. The smallest absolute Gasteiger partial charge is 0.258 e. The van der Waals surface area contributed by atoms with Crippen LogP contribution < -0.4 is 24.3 Å². The van der Waals surface area contributed by atoms with Crippen molar-refractivity contribution in [2.24, 2.45) is 0 Å². The molecule has 1 amide bonds. The van der Waals surface area contributed by atoms with Crippen LogP contribution in [0.5, 0.6) is 23.0 Å². The molecule has 0 aliphatic carbocycles. The molecule has 4 rings (SSSR count). The Morgan fingerprint density at radius 1 is 0.938 bits per heavy atom. The van der Waals surface area contributed by atoms with Gasteiger partial charge < -0.3 is 24.3 Å². The number of nitrogens with one attached hydrogen (secondary N) is 1. The summed E-state index contributed by atoms with van der Waals surface area (Å²) in [5.74, 6) is 2.81. The molecule has 1 N–H and O–H groups in total. The van der Waals surface area contributed by atoms with E-state index in [-0.39, 0.29) is 25.3 Å². The van der Waals surface area contributed by atoms with Gasteiger partial charge in [0.15, 0.2) is 18.1 Å². The standard InChI is InChI=1S/C26H27NO5/c1-18-4-3-5-23(12-18)30-16-26(28)27-21(13-19-6-9-22(29-2)10-7-19)14-20-8-11-24-25(15-20)32-17-31-24/h3-12,15,21H,13-14,16-17H2,1-2H3,(H,27,28)/t21-/m1/s1. The fraction of sp³-hybridized carbons (Fsp3) is 0.269. The zero-order chi connectivity index (χ0) is 22.3. The average molecular weight is 434 g/mol. The van der Waals surface area contributed by atoms with E-state index in [4.69, 9.17) is 18.9 Å². The summed E-state index contributed by atoms with van der Waals surface area (Å²) in [6.45, 7) is 2.19. The van der Waals surface area contributed by atoms with E-state index in [1.807, 2.05) is 73.7 Å². The first-order valence-electron chi connectivity index (χ1n) is 10.6. The van der Waals surface area contributed by atoms with Crippen molar-refractivity contribution in [3.8, 4) is 23.0 Å². The molecule has 166 valence electrons. The topological polar surface area (TPSA) is 66.0 Å². The number of aryl methyl sites for hydroxylation is 1. The summed E-state index contributed by atoms with van der Waals surface area (Å²) in [5, 5.41) is 3.13. The van der Waals surface area contributed by atoms with Gasteiger partial charge in [0.2, 0.25) is 6.79 Å². The molecule has 1 aliphatic rings.